The van der Waals surface area contributed by atoms with Crippen LogP contribution in [0.5, 0.6) is 0 Å². The predicted octanol–water partition coefficient (Wildman–Crippen LogP) is 8.57. The second kappa shape index (κ2) is 14.5. The topological polar surface area (TPSA) is 156 Å². The van der Waals surface area contributed by atoms with Crippen LogP contribution in [-0.2, 0) is 9.59 Å². The molecule has 0 spiro atoms. The molecule has 0 amide bonds. The van der Waals surface area contributed by atoms with Crippen LogP contribution < -0.4 is 0 Å². The maximum absolute atomic E-state index is 13.0. The summed E-state index contributed by atoms with van der Waals surface area (Å²) in [5.74, 6) is 1.95. The van der Waals surface area contributed by atoms with E-state index in [9.17, 15) is 40.2 Å². The zero-order chi connectivity index (χ0) is 40.3. The summed E-state index contributed by atoms with van der Waals surface area (Å²) < 4.78 is 0. The standard InChI is InChI=1S/C48H78O8/c1-26(7-12-40(52)53)35-22-38(50)42-32-11-9-29-25-48(56,20-19-45(29,4)34(32)14-17-46(35,42)5)37(24-41(54)55)27(2)36-23-39(51)43-31-10-8-28-21-30(49)13-16-44(28,3)33(31)15-18-47(36,43)6/h26-39,42-43,49-51,56H,7-25H2,1-6H3,(H,52,53)(H,54,55)/t26-,27+,28?,29?,30-,31-,32?,33+,34?,35-,36-,37?,38+,39-,42?,43-,44+,45+,46-,47-,48+/m1/s1. The second-order valence-electron chi connectivity index (χ2n) is 23.3. The van der Waals surface area contributed by atoms with Gasteiger partial charge in [0.1, 0.15) is 0 Å². The van der Waals surface area contributed by atoms with E-state index < -0.39 is 23.6 Å². The van der Waals surface area contributed by atoms with Gasteiger partial charge in [0, 0.05) is 12.3 Å². The first-order valence-electron chi connectivity index (χ1n) is 23.5. The van der Waals surface area contributed by atoms with Crippen molar-refractivity contribution < 1.29 is 40.2 Å². The normalized spacial score (nSPS) is 53.9. The molecule has 0 bridgehead atoms. The summed E-state index contributed by atoms with van der Waals surface area (Å²) in [4.78, 5) is 24.2. The minimum atomic E-state index is -1.07. The highest BCUT2D eigenvalue weighted by Gasteiger charge is 2.67. The quantitative estimate of drug-likeness (QED) is 0.136. The molecule has 6 unspecified atom stereocenters. The van der Waals surface area contributed by atoms with E-state index in [2.05, 4.69) is 41.5 Å². The highest BCUT2D eigenvalue weighted by molar-refractivity contribution is 5.67. The highest BCUT2D eigenvalue weighted by atomic mass is 16.4. The molecule has 0 aliphatic heterocycles. The van der Waals surface area contributed by atoms with E-state index in [1.807, 2.05) is 0 Å². The number of hydrogen-bond donors (Lipinski definition) is 6. The number of aliphatic hydroxyl groups excluding tert-OH is 3. The Bertz CT molecular complexity index is 1500. The van der Waals surface area contributed by atoms with E-state index in [1.165, 1.54) is 0 Å². The average Bonchev–Trinajstić information content (AvgIpc) is 3.58. The van der Waals surface area contributed by atoms with Gasteiger partial charge in [0.2, 0.25) is 0 Å². The summed E-state index contributed by atoms with van der Waals surface area (Å²) in [7, 11) is 0. The summed E-state index contributed by atoms with van der Waals surface area (Å²) in [5, 5.41) is 67.1. The maximum atomic E-state index is 13.0. The third-order valence-corrected chi connectivity index (χ3v) is 21.4. The number of carboxylic acids is 2. The van der Waals surface area contributed by atoms with E-state index in [1.54, 1.807) is 0 Å². The van der Waals surface area contributed by atoms with Gasteiger partial charge in [0.15, 0.2) is 0 Å². The van der Waals surface area contributed by atoms with Gasteiger partial charge in [-0.05, 0) is 202 Å². The molecule has 8 saturated carbocycles. The van der Waals surface area contributed by atoms with Crippen molar-refractivity contribution in [2.24, 2.45) is 98.6 Å². The van der Waals surface area contributed by atoms with Gasteiger partial charge in [0.05, 0.1) is 30.3 Å². The Balaban J connectivity index is 0.999. The number of carbonyl (C=O) groups is 2. The molecular weight excluding hydrogens is 705 g/mol. The van der Waals surface area contributed by atoms with Gasteiger partial charge in [-0.25, -0.2) is 0 Å². The summed E-state index contributed by atoms with van der Waals surface area (Å²) in [6.45, 7) is 14.2. The van der Waals surface area contributed by atoms with E-state index in [4.69, 9.17) is 0 Å². The van der Waals surface area contributed by atoms with Crippen molar-refractivity contribution in [2.75, 3.05) is 0 Å². The van der Waals surface area contributed by atoms with Crippen molar-refractivity contribution in [3.8, 4) is 0 Å². The van der Waals surface area contributed by atoms with E-state index in [0.29, 0.717) is 67.1 Å². The van der Waals surface area contributed by atoms with Gasteiger partial charge in [-0.3, -0.25) is 9.59 Å². The molecular formula is C48H78O8. The molecule has 8 aliphatic carbocycles. The molecule has 318 valence electrons. The van der Waals surface area contributed by atoms with Gasteiger partial charge in [0.25, 0.3) is 0 Å². The Labute approximate surface area is 337 Å². The Morgan fingerprint density at radius 2 is 1.16 bits per heavy atom. The van der Waals surface area contributed by atoms with Crippen molar-refractivity contribution in [3.63, 3.8) is 0 Å². The van der Waals surface area contributed by atoms with Crippen LogP contribution in [-0.4, -0.2) is 66.5 Å². The van der Waals surface area contributed by atoms with Crippen molar-refractivity contribution in [1.82, 2.24) is 0 Å². The first-order valence-corrected chi connectivity index (χ1v) is 23.5. The largest absolute Gasteiger partial charge is 0.481 e. The molecule has 8 heteroatoms. The van der Waals surface area contributed by atoms with Crippen LogP contribution >= 0.6 is 0 Å². The molecule has 56 heavy (non-hydrogen) atoms. The Kier molecular flexibility index (Phi) is 10.7. The molecule has 0 aromatic rings. The molecule has 8 nitrogen and oxygen atoms in total. The lowest BCUT2D eigenvalue weighted by Crippen LogP contribution is -2.59. The van der Waals surface area contributed by atoms with Crippen LogP contribution in [0.2, 0.25) is 0 Å². The van der Waals surface area contributed by atoms with Crippen molar-refractivity contribution in [2.45, 2.75) is 187 Å². The number of aliphatic hydroxyl groups is 4. The van der Waals surface area contributed by atoms with Gasteiger partial charge >= 0.3 is 11.9 Å². The lowest BCUT2D eigenvalue weighted by Gasteiger charge is -2.63. The minimum Gasteiger partial charge on any atom is -0.481 e. The lowest BCUT2D eigenvalue weighted by molar-refractivity contribution is -0.187. The third-order valence-electron chi connectivity index (χ3n) is 21.4. The Morgan fingerprint density at radius 1 is 0.625 bits per heavy atom. The van der Waals surface area contributed by atoms with Crippen LogP contribution in [0.3, 0.4) is 0 Å². The molecule has 8 fully saturated rings. The average molecular weight is 783 g/mol. The molecule has 0 heterocycles. The van der Waals surface area contributed by atoms with Crippen molar-refractivity contribution >= 4 is 11.9 Å². The third kappa shape index (κ3) is 6.31. The molecule has 8 rings (SSSR count). The fourth-order valence-electron chi connectivity index (χ4n) is 18.7. The van der Waals surface area contributed by atoms with Crippen molar-refractivity contribution in [1.29, 1.82) is 0 Å². The summed E-state index contributed by atoms with van der Waals surface area (Å²) >= 11 is 0. The van der Waals surface area contributed by atoms with Gasteiger partial charge < -0.3 is 30.6 Å². The summed E-state index contributed by atoms with van der Waals surface area (Å²) in [5.41, 5.74) is -0.903. The fourth-order valence-corrected chi connectivity index (χ4v) is 18.7. The first kappa shape index (κ1) is 41.5. The Morgan fingerprint density at radius 3 is 1.75 bits per heavy atom. The smallest absolute Gasteiger partial charge is 0.303 e. The number of carboxylic acid groups (broad SMARTS) is 2. The second-order valence-corrected chi connectivity index (χ2v) is 23.3. The molecule has 0 aromatic heterocycles. The Hall–Kier alpha value is -1.22. The predicted molar refractivity (Wildman–Crippen MR) is 215 cm³/mol. The molecule has 6 N–H and O–H groups in total. The first-order chi connectivity index (χ1) is 26.3. The highest BCUT2D eigenvalue weighted by Crippen LogP contribution is 2.72. The zero-order valence-corrected chi connectivity index (χ0v) is 35.7. The fraction of sp³-hybridized carbons (Fsp3) is 0.958. The zero-order valence-electron chi connectivity index (χ0n) is 35.7. The monoisotopic (exact) mass is 783 g/mol. The van der Waals surface area contributed by atoms with E-state index in [-0.39, 0.29) is 82.2 Å². The molecule has 0 aromatic carbocycles. The van der Waals surface area contributed by atoms with Crippen LogP contribution in [0.15, 0.2) is 0 Å². The molecule has 8 aliphatic rings. The van der Waals surface area contributed by atoms with Crippen molar-refractivity contribution in [3.05, 3.63) is 0 Å². The molecule has 0 radical (unpaired) electrons. The maximum Gasteiger partial charge on any atom is 0.303 e. The SMILES string of the molecule is C[C@H](CCC(=O)O)[C@H]1C[C@H](O)C2C3CCC4C[C@](O)(C(CC(=O)O)[C@@H](C)[C@H]5C[C@@H](O)[C@H]6[C@@H]7CCC8C[C@H](O)CC[C@]8(C)[C@H]7CC[C@@]65C)CC[C@]4(C)C3CC[C@@]21C. The molecule has 21 atom stereocenters. The number of rotatable bonds is 9. The number of hydrogen-bond acceptors (Lipinski definition) is 6. The van der Waals surface area contributed by atoms with Crippen LogP contribution in [0.25, 0.3) is 0 Å². The molecule has 0 saturated heterocycles. The number of fused-ring (bicyclic) bond motifs is 10. The van der Waals surface area contributed by atoms with Crippen LogP contribution in [0.1, 0.15) is 164 Å². The van der Waals surface area contributed by atoms with E-state index in [0.717, 1.165) is 83.5 Å². The van der Waals surface area contributed by atoms with E-state index >= 15 is 0 Å². The minimum absolute atomic E-state index is 0.00795. The lowest BCUT2D eigenvalue weighted by atomic mass is 9.42. The van der Waals surface area contributed by atoms with Gasteiger partial charge in [-0.2, -0.15) is 0 Å². The van der Waals surface area contributed by atoms with Gasteiger partial charge in [-0.1, -0.05) is 41.5 Å². The van der Waals surface area contributed by atoms with Gasteiger partial charge in [-0.15, -0.1) is 0 Å². The summed E-state index contributed by atoms with van der Waals surface area (Å²) in [6, 6.07) is 0. The number of aliphatic carboxylic acids is 2. The van der Waals surface area contributed by atoms with Crippen LogP contribution in [0, 0.1) is 98.6 Å². The summed E-state index contributed by atoms with van der Waals surface area (Å²) in [6.07, 6.45) is 14.9. The van der Waals surface area contributed by atoms with Crippen LogP contribution in [0.4, 0.5) is 0 Å².